The van der Waals surface area contributed by atoms with Gasteiger partial charge >= 0.3 is 0 Å². The number of allylic oxidation sites excluding steroid dienone is 2. The Morgan fingerprint density at radius 2 is 1.49 bits per heavy atom. The van der Waals surface area contributed by atoms with E-state index in [0.29, 0.717) is 17.7 Å². The van der Waals surface area contributed by atoms with Gasteiger partial charge in [-0.2, -0.15) is 10.5 Å². The fourth-order valence-corrected chi connectivity index (χ4v) is 4.94. The molecule has 35 heavy (non-hydrogen) atoms. The van der Waals surface area contributed by atoms with Gasteiger partial charge < -0.3 is 4.57 Å². The summed E-state index contributed by atoms with van der Waals surface area (Å²) < 4.78 is 2.30. The van der Waals surface area contributed by atoms with E-state index in [0.717, 1.165) is 33.4 Å². The number of fused-ring (bicyclic) bond motifs is 3. The number of para-hydroxylation sites is 2. The van der Waals surface area contributed by atoms with Crippen LogP contribution in [0.4, 0.5) is 0 Å². The quantitative estimate of drug-likeness (QED) is 0.291. The van der Waals surface area contributed by atoms with Crippen LogP contribution in [0.2, 0.25) is 0 Å². The van der Waals surface area contributed by atoms with Crippen molar-refractivity contribution in [2.75, 3.05) is 0 Å². The number of nitriles is 2. The van der Waals surface area contributed by atoms with Crippen LogP contribution < -0.4 is 0 Å². The maximum absolute atomic E-state index is 9.71. The van der Waals surface area contributed by atoms with Gasteiger partial charge in [0.1, 0.15) is 11.8 Å². The van der Waals surface area contributed by atoms with E-state index in [9.17, 15) is 5.26 Å². The van der Waals surface area contributed by atoms with Crippen molar-refractivity contribution in [1.29, 1.82) is 10.5 Å². The molecule has 4 aromatic carbocycles. The lowest BCUT2D eigenvalue weighted by Crippen LogP contribution is -2.04. The van der Waals surface area contributed by atoms with E-state index in [1.165, 1.54) is 10.8 Å². The summed E-state index contributed by atoms with van der Waals surface area (Å²) in [6.45, 7) is 0. The van der Waals surface area contributed by atoms with Gasteiger partial charge in [-0.1, -0.05) is 54.6 Å². The Balaban J connectivity index is 1.48. The second-order valence-electron chi connectivity index (χ2n) is 8.70. The Bertz CT molecular complexity index is 1700. The van der Waals surface area contributed by atoms with Crippen LogP contribution in [0.3, 0.4) is 0 Å². The van der Waals surface area contributed by atoms with Crippen LogP contribution in [-0.2, 0) is 0 Å². The predicted octanol–water partition coefficient (Wildman–Crippen LogP) is 7.29. The summed E-state index contributed by atoms with van der Waals surface area (Å²) in [6.07, 6.45) is 4.36. The van der Waals surface area contributed by atoms with Gasteiger partial charge in [-0.05, 0) is 65.6 Å². The summed E-state index contributed by atoms with van der Waals surface area (Å²) in [7, 11) is 0. The molecule has 4 heteroatoms. The van der Waals surface area contributed by atoms with Crippen molar-refractivity contribution in [3.63, 3.8) is 0 Å². The van der Waals surface area contributed by atoms with Gasteiger partial charge in [-0.15, -0.1) is 0 Å². The van der Waals surface area contributed by atoms with Crippen molar-refractivity contribution in [1.82, 2.24) is 4.57 Å². The molecule has 0 spiro atoms. The van der Waals surface area contributed by atoms with Crippen LogP contribution in [0.25, 0.3) is 38.6 Å². The Labute approximate surface area is 203 Å². The van der Waals surface area contributed by atoms with Gasteiger partial charge in [0.2, 0.25) is 0 Å². The normalized spacial score (nSPS) is 15.0. The van der Waals surface area contributed by atoms with E-state index in [2.05, 4.69) is 101 Å². The third-order valence-electron chi connectivity index (χ3n) is 6.60. The molecule has 1 atom stereocenters. The number of aromatic nitrogens is 1. The second-order valence-corrected chi connectivity index (χ2v) is 8.70. The molecule has 0 saturated heterocycles. The van der Waals surface area contributed by atoms with Crippen LogP contribution in [-0.4, -0.2) is 10.8 Å². The fourth-order valence-electron chi connectivity index (χ4n) is 4.94. The topological polar surface area (TPSA) is 64.9 Å². The minimum Gasteiger partial charge on any atom is -0.309 e. The fraction of sp³-hybridized carbons (Fsp3) is 0.0645. The number of hydrogen-bond donors (Lipinski definition) is 0. The summed E-state index contributed by atoms with van der Waals surface area (Å²) in [5.41, 5.74) is 7.52. The third-order valence-corrected chi connectivity index (χ3v) is 6.60. The van der Waals surface area contributed by atoms with Gasteiger partial charge in [0.25, 0.3) is 0 Å². The molecule has 1 unspecified atom stereocenters. The van der Waals surface area contributed by atoms with Gasteiger partial charge in [0.05, 0.1) is 22.7 Å². The average molecular weight is 449 g/mol. The molecule has 0 radical (unpaired) electrons. The average Bonchev–Trinajstić information content (AvgIpc) is 3.27. The molecule has 0 saturated carbocycles. The lowest BCUT2D eigenvalue weighted by Gasteiger charge is -2.16. The van der Waals surface area contributed by atoms with E-state index in [1.807, 2.05) is 24.4 Å². The van der Waals surface area contributed by atoms with Crippen molar-refractivity contribution in [2.24, 2.45) is 4.99 Å². The first-order valence-corrected chi connectivity index (χ1v) is 11.5. The minimum absolute atomic E-state index is 0.0414. The zero-order chi connectivity index (χ0) is 23.8. The minimum atomic E-state index is 0.0414. The Morgan fingerprint density at radius 1 is 0.743 bits per heavy atom. The molecule has 0 aliphatic carbocycles. The predicted molar refractivity (Wildman–Crippen MR) is 140 cm³/mol. The summed E-state index contributed by atoms with van der Waals surface area (Å²) in [4.78, 5) is 4.26. The van der Waals surface area contributed by atoms with Crippen molar-refractivity contribution in [2.45, 2.75) is 12.3 Å². The lowest BCUT2D eigenvalue weighted by atomic mass is 9.90. The zero-order valence-corrected chi connectivity index (χ0v) is 18.9. The molecule has 0 amide bonds. The highest BCUT2D eigenvalue weighted by atomic mass is 15.0. The standard InChI is InChI=1S/C31H20N4/c32-18-21-14-24(16-25(15-21)23-12-13-26(19-33)34-20-23)22-6-5-7-27(17-22)35-30-10-3-1-8-28(30)29-9-2-4-11-31(29)35/h1-11,13-17,20,23H,12H2. The highest BCUT2D eigenvalue weighted by Crippen LogP contribution is 2.34. The number of rotatable bonds is 3. The van der Waals surface area contributed by atoms with Crippen LogP contribution in [0, 0.1) is 22.7 Å². The highest BCUT2D eigenvalue weighted by molar-refractivity contribution is 6.09. The molecule has 0 fully saturated rings. The Morgan fingerprint density at radius 3 is 2.14 bits per heavy atom. The van der Waals surface area contributed by atoms with E-state index in [1.54, 1.807) is 0 Å². The summed E-state index contributed by atoms with van der Waals surface area (Å²) >= 11 is 0. The number of aliphatic imine (C=N–C) groups is 1. The first kappa shape index (κ1) is 20.7. The number of hydrogen-bond acceptors (Lipinski definition) is 3. The van der Waals surface area contributed by atoms with E-state index in [4.69, 9.17) is 5.26 Å². The smallest absolute Gasteiger partial charge is 0.136 e. The van der Waals surface area contributed by atoms with Crippen LogP contribution in [0.15, 0.2) is 108 Å². The molecule has 4 nitrogen and oxygen atoms in total. The molecule has 5 aromatic rings. The van der Waals surface area contributed by atoms with Gasteiger partial charge in [0, 0.05) is 28.6 Å². The summed E-state index contributed by atoms with van der Waals surface area (Å²) in [5.74, 6) is 0.0414. The lowest BCUT2D eigenvalue weighted by molar-refractivity contribution is 0.900. The third kappa shape index (κ3) is 3.59. The maximum Gasteiger partial charge on any atom is 0.136 e. The van der Waals surface area contributed by atoms with Crippen molar-refractivity contribution in [3.8, 4) is 29.0 Å². The van der Waals surface area contributed by atoms with Crippen molar-refractivity contribution in [3.05, 3.63) is 114 Å². The molecule has 0 bridgehead atoms. The van der Waals surface area contributed by atoms with E-state index in [-0.39, 0.29) is 5.92 Å². The molecule has 1 aliphatic rings. The maximum atomic E-state index is 9.71. The van der Waals surface area contributed by atoms with Crippen LogP contribution in [0.5, 0.6) is 0 Å². The summed E-state index contributed by atoms with van der Waals surface area (Å²) in [5, 5.41) is 21.2. The first-order valence-electron chi connectivity index (χ1n) is 11.5. The number of nitrogens with zero attached hydrogens (tertiary/aromatic N) is 4. The van der Waals surface area contributed by atoms with Gasteiger partial charge in [-0.3, -0.25) is 0 Å². The largest absolute Gasteiger partial charge is 0.309 e. The molecule has 164 valence electrons. The Kier molecular flexibility index (Phi) is 4.99. The molecule has 0 N–H and O–H groups in total. The highest BCUT2D eigenvalue weighted by Gasteiger charge is 2.16. The van der Waals surface area contributed by atoms with E-state index < -0.39 is 0 Å². The van der Waals surface area contributed by atoms with Gasteiger partial charge in [0.15, 0.2) is 0 Å². The summed E-state index contributed by atoms with van der Waals surface area (Å²) in [6, 6.07) is 35.8. The second kappa shape index (κ2) is 8.45. The number of benzene rings is 4. The molecular formula is C31H20N4. The van der Waals surface area contributed by atoms with Gasteiger partial charge in [-0.25, -0.2) is 4.99 Å². The van der Waals surface area contributed by atoms with Crippen LogP contribution >= 0.6 is 0 Å². The SMILES string of the molecule is N#CC1=CCC(c2cc(C#N)cc(-c3cccc(-n4c5ccccc5c5ccccc54)c3)c2)C=N1. The molecule has 1 aromatic heterocycles. The first-order chi connectivity index (χ1) is 17.2. The molecule has 2 heterocycles. The molecule has 6 rings (SSSR count). The zero-order valence-electron chi connectivity index (χ0n) is 18.9. The van der Waals surface area contributed by atoms with E-state index >= 15 is 0 Å². The van der Waals surface area contributed by atoms with Crippen LogP contribution in [0.1, 0.15) is 23.5 Å². The molecular weight excluding hydrogens is 428 g/mol. The van der Waals surface area contributed by atoms with Crippen molar-refractivity contribution < 1.29 is 0 Å². The molecule has 1 aliphatic heterocycles. The monoisotopic (exact) mass is 448 g/mol. The Hall–Kier alpha value is -4.93. The van der Waals surface area contributed by atoms with Crippen molar-refractivity contribution >= 4 is 28.0 Å².